The van der Waals surface area contributed by atoms with Crippen molar-refractivity contribution < 1.29 is 13.2 Å². The minimum absolute atomic E-state index is 0.0203. The van der Waals surface area contributed by atoms with E-state index in [-0.39, 0.29) is 12.8 Å². The number of rotatable bonds is 0. The second kappa shape index (κ2) is 3.23. The lowest BCUT2D eigenvalue weighted by molar-refractivity contribution is -0.188. The number of aryl methyl sites for hydroxylation is 1. The van der Waals surface area contributed by atoms with Gasteiger partial charge in [-0.1, -0.05) is 24.3 Å². The maximum Gasteiger partial charge on any atom is 0.406 e. The SMILES string of the molecule is NC1(C(F)(F)F)CCc2ccccc2C1. The summed E-state index contributed by atoms with van der Waals surface area (Å²) in [5.74, 6) is 0. The lowest BCUT2D eigenvalue weighted by atomic mass is 9.78. The van der Waals surface area contributed by atoms with Crippen molar-refractivity contribution in [3.63, 3.8) is 0 Å². The van der Waals surface area contributed by atoms with Gasteiger partial charge >= 0.3 is 6.18 Å². The fourth-order valence-corrected chi connectivity index (χ4v) is 2.00. The number of alkyl halides is 3. The van der Waals surface area contributed by atoms with E-state index < -0.39 is 11.7 Å². The molecule has 4 heteroatoms. The van der Waals surface area contributed by atoms with Crippen molar-refractivity contribution >= 4 is 0 Å². The van der Waals surface area contributed by atoms with Gasteiger partial charge in [0.05, 0.1) is 0 Å². The first-order chi connectivity index (χ1) is 6.92. The molecule has 0 radical (unpaired) electrons. The Bertz CT molecular complexity index is 372. The van der Waals surface area contributed by atoms with Gasteiger partial charge in [-0.2, -0.15) is 13.2 Å². The molecule has 0 spiro atoms. The molecule has 0 saturated carbocycles. The first-order valence-electron chi connectivity index (χ1n) is 4.85. The maximum atomic E-state index is 12.7. The summed E-state index contributed by atoms with van der Waals surface area (Å²) in [5, 5.41) is 0. The maximum absolute atomic E-state index is 12.7. The second-order valence-corrected chi connectivity index (χ2v) is 4.10. The van der Waals surface area contributed by atoms with E-state index in [4.69, 9.17) is 5.73 Å². The van der Waals surface area contributed by atoms with Crippen molar-refractivity contribution in [3.8, 4) is 0 Å². The number of hydrogen-bond donors (Lipinski definition) is 1. The van der Waals surface area contributed by atoms with Crippen LogP contribution >= 0.6 is 0 Å². The molecule has 15 heavy (non-hydrogen) atoms. The Labute approximate surface area is 86.1 Å². The summed E-state index contributed by atoms with van der Waals surface area (Å²) in [6, 6.07) is 7.18. The smallest absolute Gasteiger partial charge is 0.317 e. The third-order valence-corrected chi connectivity index (χ3v) is 3.03. The summed E-state index contributed by atoms with van der Waals surface area (Å²) in [5.41, 5.74) is 5.10. The van der Waals surface area contributed by atoms with E-state index in [9.17, 15) is 13.2 Å². The molecular formula is C11H12F3N. The minimum Gasteiger partial charge on any atom is -0.317 e. The van der Waals surface area contributed by atoms with Crippen molar-refractivity contribution in [1.29, 1.82) is 0 Å². The normalized spacial score (nSPS) is 26.1. The van der Waals surface area contributed by atoms with Crippen LogP contribution in [-0.4, -0.2) is 11.7 Å². The van der Waals surface area contributed by atoms with Gasteiger partial charge < -0.3 is 5.73 Å². The standard InChI is InChI=1S/C11H12F3N/c12-11(13,14)10(15)6-5-8-3-1-2-4-9(8)7-10/h1-4H,5-7,15H2. The number of nitrogens with two attached hydrogens (primary N) is 1. The summed E-state index contributed by atoms with van der Waals surface area (Å²) >= 11 is 0. The topological polar surface area (TPSA) is 26.0 Å². The first kappa shape index (κ1) is 10.5. The van der Waals surface area contributed by atoms with Crippen LogP contribution in [0.1, 0.15) is 17.5 Å². The third-order valence-electron chi connectivity index (χ3n) is 3.03. The predicted octanol–water partition coefficient (Wildman–Crippen LogP) is 2.44. The van der Waals surface area contributed by atoms with E-state index >= 15 is 0 Å². The summed E-state index contributed by atoms with van der Waals surface area (Å²) in [4.78, 5) is 0. The quantitative estimate of drug-likeness (QED) is 0.706. The molecule has 1 aromatic rings. The lowest BCUT2D eigenvalue weighted by Gasteiger charge is -2.36. The largest absolute Gasteiger partial charge is 0.406 e. The van der Waals surface area contributed by atoms with E-state index in [0.29, 0.717) is 6.42 Å². The van der Waals surface area contributed by atoms with E-state index in [1.54, 1.807) is 12.1 Å². The molecule has 0 fully saturated rings. The fourth-order valence-electron chi connectivity index (χ4n) is 2.00. The molecule has 1 aliphatic carbocycles. The van der Waals surface area contributed by atoms with Crippen LogP contribution in [-0.2, 0) is 12.8 Å². The Kier molecular flexibility index (Phi) is 2.26. The Hall–Kier alpha value is -1.03. The van der Waals surface area contributed by atoms with E-state index in [1.165, 1.54) is 0 Å². The Morgan fingerprint density at radius 3 is 2.33 bits per heavy atom. The molecule has 2 rings (SSSR count). The van der Waals surface area contributed by atoms with Gasteiger partial charge in [0, 0.05) is 0 Å². The van der Waals surface area contributed by atoms with Gasteiger partial charge in [0.15, 0.2) is 0 Å². The number of benzene rings is 1. The van der Waals surface area contributed by atoms with Crippen LogP contribution in [0.2, 0.25) is 0 Å². The van der Waals surface area contributed by atoms with Crippen LogP contribution < -0.4 is 5.73 Å². The van der Waals surface area contributed by atoms with E-state index in [2.05, 4.69) is 0 Å². The van der Waals surface area contributed by atoms with Gasteiger partial charge in [-0.05, 0) is 30.4 Å². The molecule has 0 aromatic heterocycles. The average Bonchev–Trinajstić information content (AvgIpc) is 2.16. The molecule has 0 bridgehead atoms. The van der Waals surface area contributed by atoms with Crippen LogP contribution in [0.5, 0.6) is 0 Å². The van der Waals surface area contributed by atoms with Crippen molar-refractivity contribution in [2.75, 3.05) is 0 Å². The highest BCUT2D eigenvalue weighted by Crippen LogP contribution is 2.38. The van der Waals surface area contributed by atoms with Crippen molar-refractivity contribution in [3.05, 3.63) is 35.4 Å². The molecule has 0 saturated heterocycles. The van der Waals surface area contributed by atoms with Crippen LogP contribution in [0.15, 0.2) is 24.3 Å². The second-order valence-electron chi connectivity index (χ2n) is 4.10. The average molecular weight is 215 g/mol. The van der Waals surface area contributed by atoms with Gasteiger partial charge in [0.2, 0.25) is 0 Å². The third kappa shape index (κ3) is 1.74. The zero-order valence-electron chi connectivity index (χ0n) is 8.14. The summed E-state index contributed by atoms with van der Waals surface area (Å²) in [7, 11) is 0. The van der Waals surface area contributed by atoms with Crippen LogP contribution in [0.4, 0.5) is 13.2 Å². The van der Waals surface area contributed by atoms with E-state index in [0.717, 1.165) is 11.1 Å². The van der Waals surface area contributed by atoms with Crippen LogP contribution in [0.25, 0.3) is 0 Å². The molecule has 82 valence electrons. The highest BCUT2D eigenvalue weighted by atomic mass is 19.4. The molecule has 2 N–H and O–H groups in total. The molecule has 1 nitrogen and oxygen atoms in total. The van der Waals surface area contributed by atoms with Crippen molar-refractivity contribution in [2.24, 2.45) is 5.73 Å². The highest BCUT2D eigenvalue weighted by Gasteiger charge is 2.52. The van der Waals surface area contributed by atoms with Gasteiger partial charge in [-0.15, -0.1) is 0 Å². The van der Waals surface area contributed by atoms with Gasteiger partial charge in [0.1, 0.15) is 5.54 Å². The number of halogens is 3. The molecule has 0 amide bonds. The molecule has 1 unspecified atom stereocenters. The number of fused-ring (bicyclic) bond motifs is 1. The van der Waals surface area contributed by atoms with E-state index in [1.807, 2.05) is 12.1 Å². The zero-order valence-corrected chi connectivity index (χ0v) is 8.14. The Balaban J connectivity index is 2.33. The zero-order chi connectivity index (χ0) is 11.1. The van der Waals surface area contributed by atoms with Gasteiger partial charge in [-0.25, -0.2) is 0 Å². The summed E-state index contributed by atoms with van der Waals surface area (Å²) in [6.45, 7) is 0. The fraction of sp³-hybridized carbons (Fsp3) is 0.455. The minimum atomic E-state index is -4.32. The summed E-state index contributed by atoms with van der Waals surface area (Å²) in [6.07, 6.45) is -4.03. The van der Waals surface area contributed by atoms with Crippen molar-refractivity contribution in [2.45, 2.75) is 31.0 Å². The molecular weight excluding hydrogens is 203 g/mol. The monoisotopic (exact) mass is 215 g/mol. The van der Waals surface area contributed by atoms with Crippen LogP contribution in [0.3, 0.4) is 0 Å². The highest BCUT2D eigenvalue weighted by molar-refractivity contribution is 5.32. The molecule has 1 atom stereocenters. The molecule has 1 aromatic carbocycles. The Morgan fingerprint density at radius 2 is 1.73 bits per heavy atom. The van der Waals surface area contributed by atoms with Gasteiger partial charge in [0.25, 0.3) is 0 Å². The lowest BCUT2D eigenvalue weighted by Crippen LogP contribution is -2.56. The van der Waals surface area contributed by atoms with Crippen molar-refractivity contribution in [1.82, 2.24) is 0 Å². The van der Waals surface area contributed by atoms with Crippen LogP contribution in [0, 0.1) is 0 Å². The molecule has 1 aliphatic rings. The predicted molar refractivity (Wildman–Crippen MR) is 51.4 cm³/mol. The summed E-state index contributed by atoms with van der Waals surface area (Å²) < 4.78 is 38.1. The van der Waals surface area contributed by atoms with Gasteiger partial charge in [-0.3, -0.25) is 0 Å². The molecule has 0 heterocycles. The Morgan fingerprint density at radius 1 is 1.13 bits per heavy atom. The first-order valence-corrected chi connectivity index (χ1v) is 4.85. The molecule has 0 aliphatic heterocycles. The number of hydrogen-bond acceptors (Lipinski definition) is 1.